The fourth-order valence-electron chi connectivity index (χ4n) is 2.55. The number of aliphatic carboxylic acids is 1. The number of carbonyl (C=O) groups is 1. The van der Waals surface area contributed by atoms with Crippen molar-refractivity contribution in [2.45, 2.75) is 35.8 Å². The lowest BCUT2D eigenvalue weighted by molar-refractivity contribution is -0.142. The summed E-state index contributed by atoms with van der Waals surface area (Å²) in [6.45, 7) is 0.942. The number of rotatable bonds is 5. The van der Waals surface area contributed by atoms with Crippen molar-refractivity contribution >= 4 is 17.7 Å². The van der Waals surface area contributed by atoms with Crippen LogP contribution in [0.3, 0.4) is 0 Å². The Kier molecular flexibility index (Phi) is 5.23. The molecule has 2 rings (SSSR count). The number of ether oxygens (including phenoxy) is 1. The summed E-state index contributed by atoms with van der Waals surface area (Å²) in [5.74, 6) is -0.738. The predicted octanol–water partition coefficient (Wildman–Crippen LogP) is 3.36. The van der Waals surface area contributed by atoms with Gasteiger partial charge in [0.15, 0.2) is 0 Å². The molecular weight excluding hydrogens is 319 g/mol. The standard InChI is InChI=1S/C14H16F3NO3S/c1-21-11-5-4-9(7-12(11)22-14(15,16)17)8-18-6-2-3-10(18)13(19)20/h4-5,7,10H,2-3,6,8H2,1H3,(H,19,20). The molecule has 0 saturated carbocycles. The van der Waals surface area contributed by atoms with Gasteiger partial charge in [-0.25, -0.2) is 0 Å². The second kappa shape index (κ2) is 6.78. The normalized spacial score (nSPS) is 19.4. The van der Waals surface area contributed by atoms with Crippen LogP contribution in [0.25, 0.3) is 0 Å². The molecule has 1 aliphatic heterocycles. The van der Waals surface area contributed by atoms with E-state index in [1.165, 1.54) is 19.2 Å². The van der Waals surface area contributed by atoms with Crippen molar-refractivity contribution in [3.05, 3.63) is 23.8 Å². The van der Waals surface area contributed by atoms with Crippen molar-refractivity contribution < 1.29 is 27.8 Å². The Morgan fingerprint density at radius 3 is 2.82 bits per heavy atom. The lowest BCUT2D eigenvalue weighted by Crippen LogP contribution is -2.35. The van der Waals surface area contributed by atoms with Crippen LogP contribution in [0.15, 0.2) is 23.1 Å². The summed E-state index contributed by atoms with van der Waals surface area (Å²) < 4.78 is 42.7. The summed E-state index contributed by atoms with van der Waals surface area (Å²) in [7, 11) is 1.32. The number of alkyl halides is 3. The molecule has 8 heteroatoms. The first kappa shape index (κ1) is 17.0. The van der Waals surface area contributed by atoms with E-state index >= 15 is 0 Å². The number of likely N-dealkylation sites (tertiary alicyclic amines) is 1. The van der Waals surface area contributed by atoms with Crippen LogP contribution in [0.5, 0.6) is 5.75 Å². The van der Waals surface area contributed by atoms with Gasteiger partial charge < -0.3 is 9.84 Å². The fourth-order valence-corrected chi connectivity index (χ4v) is 3.27. The monoisotopic (exact) mass is 335 g/mol. The Morgan fingerprint density at radius 1 is 1.50 bits per heavy atom. The van der Waals surface area contributed by atoms with E-state index in [1.807, 2.05) is 0 Å². The van der Waals surface area contributed by atoms with E-state index in [0.717, 1.165) is 6.42 Å². The molecule has 122 valence electrons. The molecule has 1 aromatic carbocycles. The van der Waals surface area contributed by atoms with Gasteiger partial charge in [0.25, 0.3) is 0 Å². The third-order valence-electron chi connectivity index (χ3n) is 3.49. The van der Waals surface area contributed by atoms with Gasteiger partial charge in [-0.1, -0.05) is 6.07 Å². The number of methoxy groups -OCH3 is 1. The second-order valence-corrected chi connectivity index (χ2v) is 6.11. The summed E-state index contributed by atoms with van der Waals surface area (Å²) in [4.78, 5) is 12.9. The Morgan fingerprint density at radius 2 is 2.23 bits per heavy atom. The molecule has 1 saturated heterocycles. The highest BCUT2D eigenvalue weighted by Crippen LogP contribution is 2.42. The molecule has 0 aliphatic carbocycles. The van der Waals surface area contributed by atoms with Crippen LogP contribution in [-0.4, -0.2) is 41.2 Å². The first-order valence-electron chi connectivity index (χ1n) is 6.69. The van der Waals surface area contributed by atoms with E-state index < -0.39 is 17.5 Å². The highest BCUT2D eigenvalue weighted by Gasteiger charge is 2.32. The van der Waals surface area contributed by atoms with E-state index in [1.54, 1.807) is 11.0 Å². The van der Waals surface area contributed by atoms with Crippen LogP contribution in [-0.2, 0) is 11.3 Å². The van der Waals surface area contributed by atoms with Crippen molar-refractivity contribution in [1.29, 1.82) is 0 Å². The van der Waals surface area contributed by atoms with Crippen LogP contribution in [0, 0.1) is 0 Å². The van der Waals surface area contributed by atoms with Crippen molar-refractivity contribution in [2.75, 3.05) is 13.7 Å². The molecule has 1 aromatic rings. The van der Waals surface area contributed by atoms with Crippen LogP contribution in [0.1, 0.15) is 18.4 Å². The van der Waals surface area contributed by atoms with E-state index in [2.05, 4.69) is 0 Å². The predicted molar refractivity (Wildman–Crippen MR) is 76.0 cm³/mol. The molecule has 1 unspecified atom stereocenters. The van der Waals surface area contributed by atoms with E-state index in [0.29, 0.717) is 25.1 Å². The third kappa shape index (κ3) is 4.30. The molecule has 22 heavy (non-hydrogen) atoms. The lowest BCUT2D eigenvalue weighted by atomic mass is 10.1. The molecule has 1 atom stereocenters. The largest absolute Gasteiger partial charge is 0.496 e. The smallest absolute Gasteiger partial charge is 0.446 e. The Labute approximate surface area is 130 Å². The van der Waals surface area contributed by atoms with Gasteiger partial charge in [-0.2, -0.15) is 13.2 Å². The van der Waals surface area contributed by atoms with Gasteiger partial charge in [0, 0.05) is 6.54 Å². The minimum Gasteiger partial charge on any atom is -0.496 e. The number of hydrogen-bond donors (Lipinski definition) is 1. The number of halogens is 3. The third-order valence-corrected chi connectivity index (χ3v) is 4.26. The minimum absolute atomic E-state index is 0.0152. The number of carboxylic acid groups (broad SMARTS) is 1. The lowest BCUT2D eigenvalue weighted by Gasteiger charge is -2.21. The maximum absolute atomic E-state index is 12.6. The van der Waals surface area contributed by atoms with E-state index in [9.17, 15) is 18.0 Å². The van der Waals surface area contributed by atoms with Gasteiger partial charge in [-0.15, -0.1) is 0 Å². The zero-order valence-corrected chi connectivity index (χ0v) is 12.7. The van der Waals surface area contributed by atoms with Crippen LogP contribution in [0.4, 0.5) is 13.2 Å². The number of nitrogens with zero attached hydrogens (tertiary/aromatic N) is 1. The maximum atomic E-state index is 12.6. The summed E-state index contributed by atoms with van der Waals surface area (Å²) in [6, 6.07) is 3.99. The van der Waals surface area contributed by atoms with Crippen molar-refractivity contribution in [3.8, 4) is 5.75 Å². The molecule has 1 aliphatic rings. The molecule has 0 bridgehead atoms. The molecule has 0 radical (unpaired) electrons. The molecule has 0 aromatic heterocycles. The highest BCUT2D eigenvalue weighted by atomic mass is 32.2. The van der Waals surface area contributed by atoms with Crippen molar-refractivity contribution in [1.82, 2.24) is 4.90 Å². The van der Waals surface area contributed by atoms with Crippen molar-refractivity contribution in [2.24, 2.45) is 0 Å². The molecule has 1 N–H and O–H groups in total. The average molecular weight is 335 g/mol. The van der Waals surface area contributed by atoms with Gasteiger partial charge in [0.1, 0.15) is 11.8 Å². The van der Waals surface area contributed by atoms with E-state index in [4.69, 9.17) is 9.84 Å². The molecule has 4 nitrogen and oxygen atoms in total. The molecule has 1 fully saturated rings. The molecule has 1 heterocycles. The zero-order valence-electron chi connectivity index (χ0n) is 11.9. The minimum atomic E-state index is -4.40. The topological polar surface area (TPSA) is 49.8 Å². The zero-order chi connectivity index (χ0) is 16.3. The van der Waals surface area contributed by atoms with Crippen LogP contribution >= 0.6 is 11.8 Å². The fraction of sp³-hybridized carbons (Fsp3) is 0.500. The molecule has 0 spiro atoms. The highest BCUT2D eigenvalue weighted by molar-refractivity contribution is 8.00. The maximum Gasteiger partial charge on any atom is 0.446 e. The SMILES string of the molecule is COc1ccc(CN2CCCC2C(=O)O)cc1SC(F)(F)F. The molecular formula is C14H16F3NO3S. The summed E-state index contributed by atoms with van der Waals surface area (Å²) >= 11 is -0.229. The van der Waals surface area contributed by atoms with E-state index in [-0.39, 0.29) is 22.4 Å². The van der Waals surface area contributed by atoms with Crippen LogP contribution < -0.4 is 4.74 Å². The van der Waals surface area contributed by atoms with Crippen LogP contribution in [0.2, 0.25) is 0 Å². The number of carboxylic acids is 1. The summed E-state index contributed by atoms with van der Waals surface area (Å²) in [5, 5.41) is 9.14. The average Bonchev–Trinajstić information content (AvgIpc) is 2.85. The Balaban J connectivity index is 2.18. The Bertz CT molecular complexity index is 551. The second-order valence-electron chi connectivity index (χ2n) is 5.00. The number of benzene rings is 1. The summed E-state index contributed by atoms with van der Waals surface area (Å²) in [5.41, 5.74) is -3.76. The number of thioether (sulfide) groups is 1. The van der Waals surface area contributed by atoms with Gasteiger partial charge >= 0.3 is 11.5 Å². The first-order valence-corrected chi connectivity index (χ1v) is 7.51. The van der Waals surface area contributed by atoms with Gasteiger partial charge in [-0.05, 0) is 48.8 Å². The van der Waals surface area contributed by atoms with Gasteiger partial charge in [-0.3, -0.25) is 9.69 Å². The molecule has 0 amide bonds. The van der Waals surface area contributed by atoms with Gasteiger partial charge in [0.2, 0.25) is 0 Å². The van der Waals surface area contributed by atoms with Crippen molar-refractivity contribution in [3.63, 3.8) is 0 Å². The Hall–Kier alpha value is -1.41. The first-order chi connectivity index (χ1) is 10.3. The van der Waals surface area contributed by atoms with Gasteiger partial charge in [0.05, 0.1) is 12.0 Å². The number of hydrogen-bond acceptors (Lipinski definition) is 4. The summed E-state index contributed by atoms with van der Waals surface area (Å²) in [6.07, 6.45) is 1.34. The quantitative estimate of drug-likeness (QED) is 0.836.